The van der Waals surface area contributed by atoms with Crippen LogP contribution in [0.3, 0.4) is 0 Å². The number of methoxy groups -OCH3 is 2. The fraction of sp³-hybridized carbons (Fsp3) is 0.520. The van der Waals surface area contributed by atoms with Gasteiger partial charge in [-0.1, -0.05) is 10.3 Å². The molecule has 0 fully saturated rings. The summed E-state index contributed by atoms with van der Waals surface area (Å²) >= 11 is 13.5. The van der Waals surface area contributed by atoms with Crippen LogP contribution in [0.1, 0.15) is 32.1 Å². The summed E-state index contributed by atoms with van der Waals surface area (Å²) in [6, 6.07) is 0. The molecule has 0 bridgehead atoms. The Hall–Kier alpha value is -1.72. The summed E-state index contributed by atoms with van der Waals surface area (Å²) in [5.74, 6) is 0.133. The maximum Gasteiger partial charge on any atom is 0.269 e. The SMILES string of the molecule is COC1=C(Br)[C@@H](O)[C@@]2(C=C1Br)CC(C(=O)NCCCCCNC(=O)C1=NO[C@]3(C=C(Br)C(OC)=C(Br)[C@@H]3O)C1)=NO2. The van der Waals surface area contributed by atoms with Crippen molar-refractivity contribution < 1.29 is 39.0 Å². The number of aliphatic hydroxyl groups excluding tert-OH is 2. The predicted molar refractivity (Wildman–Crippen MR) is 164 cm³/mol. The molecule has 4 aliphatic rings. The minimum absolute atomic E-state index is 0.0899. The van der Waals surface area contributed by atoms with Gasteiger partial charge in [-0.25, -0.2) is 0 Å². The minimum Gasteiger partial charge on any atom is -0.495 e. The number of hydrogen-bond donors (Lipinski definition) is 4. The molecule has 0 aromatic rings. The molecule has 0 aromatic heterocycles. The maximum absolute atomic E-state index is 12.6. The van der Waals surface area contributed by atoms with E-state index in [0.29, 0.717) is 55.4 Å². The first-order chi connectivity index (χ1) is 19.5. The molecule has 2 aliphatic heterocycles. The van der Waals surface area contributed by atoms with Crippen molar-refractivity contribution in [2.24, 2.45) is 10.3 Å². The molecule has 41 heavy (non-hydrogen) atoms. The topological polar surface area (TPSA) is 160 Å². The first-order valence-electron chi connectivity index (χ1n) is 12.6. The molecule has 0 unspecified atom stereocenters. The quantitative estimate of drug-likeness (QED) is 0.245. The Morgan fingerprint density at radius 1 is 0.829 bits per heavy atom. The second-order valence-electron chi connectivity index (χ2n) is 9.65. The van der Waals surface area contributed by atoms with Crippen LogP contribution in [0.5, 0.6) is 0 Å². The van der Waals surface area contributed by atoms with Crippen molar-refractivity contribution in [2.75, 3.05) is 27.3 Å². The molecule has 2 heterocycles. The van der Waals surface area contributed by atoms with Crippen LogP contribution in [-0.4, -0.2) is 84.2 Å². The monoisotopic (exact) mass is 828 g/mol. The standard InChI is InChI=1S/C25H28Br4N4O8/c1-38-18-12(26)8-24(20(34)16(18)28)10-14(32-40-24)22(36)30-6-4-3-5-7-31-23(37)15-11-25(41-33-15)9-13(27)19(39-2)17(29)21(25)35/h8-9,20-21,34-35H,3-7,10-11H2,1-2H3,(H,30,36)(H,31,37)/t20-,21+,24-,25-/m1/s1. The fourth-order valence-corrected chi connectivity index (χ4v) is 8.26. The summed E-state index contributed by atoms with van der Waals surface area (Å²) in [6.45, 7) is 0.818. The number of amides is 2. The van der Waals surface area contributed by atoms with Gasteiger partial charge < -0.3 is 40.0 Å². The number of carbonyl (C=O) groups is 2. The number of rotatable bonds is 10. The third-order valence-corrected chi connectivity index (χ3v) is 9.68. The highest BCUT2D eigenvalue weighted by atomic mass is 79.9. The second kappa shape index (κ2) is 13.3. The molecule has 0 radical (unpaired) electrons. The fourth-order valence-electron chi connectivity index (χ4n) is 4.67. The van der Waals surface area contributed by atoms with Crippen molar-refractivity contribution in [3.05, 3.63) is 41.6 Å². The van der Waals surface area contributed by atoms with Crippen LogP contribution in [0.25, 0.3) is 0 Å². The second-order valence-corrected chi connectivity index (χ2v) is 13.1. The molecule has 4 rings (SSSR count). The van der Waals surface area contributed by atoms with Crippen LogP contribution < -0.4 is 10.6 Å². The Balaban J connectivity index is 1.14. The molecule has 0 saturated carbocycles. The van der Waals surface area contributed by atoms with E-state index in [1.807, 2.05) is 0 Å². The third-order valence-electron chi connectivity index (χ3n) is 6.91. The molecule has 2 aliphatic carbocycles. The van der Waals surface area contributed by atoms with Gasteiger partial charge in [0.15, 0.2) is 11.2 Å². The largest absolute Gasteiger partial charge is 0.495 e. The van der Waals surface area contributed by atoms with E-state index in [1.54, 1.807) is 12.2 Å². The van der Waals surface area contributed by atoms with Crippen LogP contribution in [-0.2, 0) is 28.7 Å². The van der Waals surface area contributed by atoms with Gasteiger partial charge in [-0.15, -0.1) is 0 Å². The third kappa shape index (κ3) is 6.47. The van der Waals surface area contributed by atoms with Crippen LogP contribution in [0.15, 0.2) is 51.9 Å². The molecule has 224 valence electrons. The lowest BCUT2D eigenvalue weighted by Crippen LogP contribution is -2.45. The van der Waals surface area contributed by atoms with E-state index >= 15 is 0 Å². The number of aliphatic hydroxyl groups is 2. The van der Waals surface area contributed by atoms with Crippen LogP contribution in [0.4, 0.5) is 0 Å². The summed E-state index contributed by atoms with van der Waals surface area (Å²) in [5.41, 5.74) is -2.06. The molecule has 0 aromatic carbocycles. The van der Waals surface area contributed by atoms with Gasteiger partial charge >= 0.3 is 0 Å². The predicted octanol–water partition coefficient (Wildman–Crippen LogP) is 3.23. The molecular weight excluding hydrogens is 804 g/mol. The highest BCUT2D eigenvalue weighted by molar-refractivity contribution is 9.12. The average molecular weight is 832 g/mol. The van der Waals surface area contributed by atoms with Gasteiger partial charge in [0.1, 0.15) is 35.1 Å². The van der Waals surface area contributed by atoms with E-state index in [1.165, 1.54) is 14.2 Å². The Morgan fingerprint density at radius 3 is 1.59 bits per heavy atom. The van der Waals surface area contributed by atoms with Crippen molar-refractivity contribution in [3.63, 3.8) is 0 Å². The zero-order chi connectivity index (χ0) is 29.9. The van der Waals surface area contributed by atoms with Gasteiger partial charge in [-0.3, -0.25) is 9.59 Å². The van der Waals surface area contributed by atoms with E-state index in [9.17, 15) is 19.8 Å². The molecule has 2 spiro atoms. The van der Waals surface area contributed by atoms with E-state index in [0.717, 1.165) is 6.42 Å². The Kier molecular flexibility index (Phi) is 10.4. The molecule has 4 N–H and O–H groups in total. The first kappa shape index (κ1) is 32.2. The minimum atomic E-state index is -1.21. The summed E-state index contributed by atoms with van der Waals surface area (Å²) in [4.78, 5) is 36.2. The number of nitrogens with one attached hydrogen (secondary N) is 2. The van der Waals surface area contributed by atoms with E-state index in [-0.39, 0.29) is 36.1 Å². The van der Waals surface area contributed by atoms with Crippen molar-refractivity contribution in [1.82, 2.24) is 10.6 Å². The van der Waals surface area contributed by atoms with Crippen LogP contribution in [0, 0.1) is 0 Å². The number of hydrogen-bond acceptors (Lipinski definition) is 10. The van der Waals surface area contributed by atoms with Gasteiger partial charge in [0.2, 0.25) is 0 Å². The lowest BCUT2D eigenvalue weighted by Gasteiger charge is -2.33. The number of oxime groups is 2. The van der Waals surface area contributed by atoms with Gasteiger partial charge in [-0.2, -0.15) is 0 Å². The molecule has 12 nitrogen and oxygen atoms in total. The summed E-state index contributed by atoms with van der Waals surface area (Å²) in [7, 11) is 2.97. The van der Waals surface area contributed by atoms with E-state index in [2.05, 4.69) is 84.7 Å². The van der Waals surface area contributed by atoms with Gasteiger partial charge in [-0.05, 0) is 95.1 Å². The number of ether oxygens (including phenoxy) is 2. The highest BCUT2D eigenvalue weighted by Gasteiger charge is 2.51. The molecule has 0 saturated heterocycles. The van der Waals surface area contributed by atoms with Crippen molar-refractivity contribution in [1.29, 1.82) is 0 Å². The molecule has 16 heteroatoms. The Bertz CT molecular complexity index is 1200. The van der Waals surface area contributed by atoms with Crippen LogP contribution >= 0.6 is 63.7 Å². The van der Waals surface area contributed by atoms with Gasteiger partial charge in [0.05, 0.1) is 32.1 Å². The lowest BCUT2D eigenvalue weighted by molar-refractivity contribution is -0.115. The van der Waals surface area contributed by atoms with Gasteiger partial charge in [0, 0.05) is 25.9 Å². The number of halogens is 4. The summed E-state index contributed by atoms with van der Waals surface area (Å²) in [6.07, 6.45) is 3.39. The average Bonchev–Trinajstić information content (AvgIpc) is 3.56. The normalized spacial score (nSPS) is 29.0. The highest BCUT2D eigenvalue weighted by Crippen LogP contribution is 2.45. The molecule has 2 amide bonds. The van der Waals surface area contributed by atoms with E-state index in [4.69, 9.17) is 19.1 Å². The molecule has 4 atom stereocenters. The van der Waals surface area contributed by atoms with Crippen molar-refractivity contribution in [3.8, 4) is 0 Å². The summed E-state index contributed by atoms with van der Waals surface area (Å²) in [5, 5.41) is 34.9. The number of carbonyl (C=O) groups excluding carboxylic acids is 2. The van der Waals surface area contributed by atoms with Crippen molar-refractivity contribution in [2.45, 2.75) is 55.5 Å². The van der Waals surface area contributed by atoms with Crippen LogP contribution in [0.2, 0.25) is 0 Å². The lowest BCUT2D eigenvalue weighted by atomic mass is 9.87. The number of nitrogens with zero attached hydrogens (tertiary/aromatic N) is 2. The zero-order valence-corrected chi connectivity index (χ0v) is 28.4. The zero-order valence-electron chi connectivity index (χ0n) is 22.0. The molecular formula is C25H28Br4N4O8. The number of unbranched alkanes of at least 4 members (excludes halogenated alkanes) is 2. The van der Waals surface area contributed by atoms with E-state index < -0.39 is 23.4 Å². The van der Waals surface area contributed by atoms with Gasteiger partial charge in [0.25, 0.3) is 11.8 Å². The van der Waals surface area contributed by atoms with Crippen molar-refractivity contribution >= 4 is 87.0 Å². The maximum atomic E-state index is 12.6. The number of allylic oxidation sites excluding steroid dienone is 2. The smallest absolute Gasteiger partial charge is 0.269 e. The first-order valence-corrected chi connectivity index (χ1v) is 15.7. The Morgan fingerprint density at radius 2 is 1.22 bits per heavy atom. The summed E-state index contributed by atoms with van der Waals surface area (Å²) < 4.78 is 12.5. The Labute approximate surface area is 269 Å².